The Bertz CT molecular complexity index is 1950. The summed E-state index contributed by atoms with van der Waals surface area (Å²) >= 11 is 6.93. The van der Waals surface area contributed by atoms with Gasteiger partial charge in [-0.15, -0.1) is 0 Å². The Kier molecular flexibility index (Phi) is 7.83. The van der Waals surface area contributed by atoms with Gasteiger partial charge in [-0.2, -0.15) is 0 Å². The molecule has 0 aliphatic carbocycles. The Morgan fingerprint density at radius 3 is 2.62 bits per heavy atom. The molecule has 0 saturated heterocycles. The summed E-state index contributed by atoms with van der Waals surface area (Å²) in [6.45, 7) is 7.33. The van der Waals surface area contributed by atoms with E-state index in [0.29, 0.717) is 27.7 Å². The number of aliphatic hydroxyl groups is 1. The number of anilines is 1. The van der Waals surface area contributed by atoms with Crippen LogP contribution in [0.25, 0.3) is 11.6 Å². The summed E-state index contributed by atoms with van der Waals surface area (Å²) in [5, 5.41) is 17.4. The van der Waals surface area contributed by atoms with Crippen molar-refractivity contribution in [1.29, 1.82) is 0 Å². The second kappa shape index (κ2) is 11.8. The molecular weight excluding hydrogens is 640 g/mol. The van der Waals surface area contributed by atoms with Gasteiger partial charge < -0.3 is 34.0 Å². The first kappa shape index (κ1) is 31.9. The number of ether oxygens (including phenoxy) is 2. The maximum Gasteiger partial charge on any atom is 0.360 e. The molecule has 13 heteroatoms. The second-order valence-corrected chi connectivity index (χ2v) is 13.6. The zero-order chi connectivity index (χ0) is 34.1. The number of nitrogens with one attached hydrogen (secondary N) is 2. The summed E-state index contributed by atoms with van der Waals surface area (Å²) < 4.78 is 24.0. The molecule has 250 valence electrons. The molecule has 1 spiro atoms. The van der Waals surface area contributed by atoms with Crippen LogP contribution in [0.1, 0.15) is 79.0 Å². The molecule has 1 amide bonds. The summed E-state index contributed by atoms with van der Waals surface area (Å²) in [5.41, 5.74) is 1.94. The van der Waals surface area contributed by atoms with Crippen LogP contribution in [-0.2, 0) is 26.2 Å². The molecule has 5 atom stereocenters. The van der Waals surface area contributed by atoms with Crippen LogP contribution in [0, 0.1) is 17.8 Å². The van der Waals surface area contributed by atoms with E-state index in [0.717, 1.165) is 11.3 Å². The molecule has 1 unspecified atom stereocenters. The monoisotopic (exact) mass is 674 g/mol. The van der Waals surface area contributed by atoms with Gasteiger partial charge >= 0.3 is 5.97 Å². The lowest BCUT2D eigenvalue weighted by Crippen LogP contribution is -2.41. The van der Waals surface area contributed by atoms with Crippen LogP contribution >= 0.6 is 11.6 Å². The van der Waals surface area contributed by atoms with E-state index >= 15 is 0 Å². The van der Waals surface area contributed by atoms with Crippen molar-refractivity contribution in [3.05, 3.63) is 81.7 Å². The van der Waals surface area contributed by atoms with E-state index in [4.69, 9.17) is 34.9 Å². The second-order valence-electron chi connectivity index (χ2n) is 13.2. The molecule has 48 heavy (non-hydrogen) atoms. The highest BCUT2D eigenvalue weighted by atomic mass is 35.5. The average molecular weight is 675 g/mol. The number of esters is 1. The number of fused-ring (bicyclic) bond motifs is 4. The van der Waals surface area contributed by atoms with E-state index in [1.54, 1.807) is 19.9 Å². The quantitative estimate of drug-likeness (QED) is 0.220. The highest BCUT2D eigenvalue weighted by Gasteiger charge is 2.61. The van der Waals surface area contributed by atoms with Crippen molar-refractivity contribution in [2.75, 3.05) is 12.4 Å². The van der Waals surface area contributed by atoms with Crippen LogP contribution in [0.15, 0.2) is 51.5 Å². The van der Waals surface area contributed by atoms with E-state index in [1.165, 1.54) is 13.4 Å². The van der Waals surface area contributed by atoms with Gasteiger partial charge in [-0.3, -0.25) is 9.59 Å². The smallest absolute Gasteiger partial charge is 0.360 e. The number of halogens is 1. The fourth-order valence-corrected chi connectivity index (χ4v) is 7.22. The number of nitrogens with zero attached hydrogens (tertiary/aromatic N) is 2. The number of para-hydroxylation sites is 1. The molecule has 5 heterocycles. The number of aromatic nitrogens is 2. The molecule has 0 radical (unpaired) electrons. The predicted octanol–water partition coefficient (Wildman–Crippen LogP) is 5.21. The van der Waals surface area contributed by atoms with E-state index in [2.05, 4.69) is 15.6 Å². The van der Waals surface area contributed by atoms with Gasteiger partial charge in [-0.1, -0.05) is 63.6 Å². The molecule has 0 saturated carbocycles. The summed E-state index contributed by atoms with van der Waals surface area (Å²) in [7, 11) is 1.25. The van der Waals surface area contributed by atoms with Crippen molar-refractivity contribution in [2.24, 2.45) is 17.8 Å². The first-order chi connectivity index (χ1) is 22.9. The minimum atomic E-state index is -1.21. The molecule has 4 aromatic rings. The Hall–Kier alpha value is -4.68. The zero-order valence-electron chi connectivity index (χ0n) is 27.0. The number of methoxy groups -OCH3 is 1. The summed E-state index contributed by atoms with van der Waals surface area (Å²) in [4.78, 5) is 48.9. The van der Waals surface area contributed by atoms with Gasteiger partial charge in [0.2, 0.25) is 17.7 Å². The maximum absolute atomic E-state index is 14.1. The van der Waals surface area contributed by atoms with E-state index in [-0.39, 0.29) is 47.8 Å². The van der Waals surface area contributed by atoms with Crippen LogP contribution < -0.4 is 15.4 Å². The number of aliphatic hydroxyl groups excluding tert-OH is 1. The molecular formula is C35H35ClN4O8. The molecule has 3 aliphatic rings. The lowest BCUT2D eigenvalue weighted by atomic mass is 9.72. The number of oxazole rings is 2. The number of benzene rings is 2. The molecule has 3 N–H and O–H groups in total. The van der Waals surface area contributed by atoms with Gasteiger partial charge in [-0.05, 0) is 41.5 Å². The first-order valence-corrected chi connectivity index (χ1v) is 16.2. The predicted molar refractivity (Wildman–Crippen MR) is 173 cm³/mol. The Morgan fingerprint density at radius 2 is 1.90 bits per heavy atom. The van der Waals surface area contributed by atoms with Crippen molar-refractivity contribution in [1.82, 2.24) is 15.3 Å². The Morgan fingerprint density at radius 1 is 1.12 bits per heavy atom. The number of carbonyl (C=O) groups is 3. The summed E-state index contributed by atoms with van der Waals surface area (Å²) in [6.07, 6.45) is -0.784. The standard InChI is InChI=1S/C35H35ClN4O8/c1-15(2)25-32-40-26(31-37-23(14-46-31)33(44)45-5)29(48-32)35-19-8-6-7-9-22(19)38-34(35)47-28-20(35)11-17(12-21(28)36)10-18(30(43)39-25)13-24(41)27(42)16(3)4/h6-9,11-12,14-16,18,25,27,34,38,42H,10,13H2,1-5H3,(H,39,43)/t18-,25+,27+,34?,35+/m1/s1. The molecule has 7 rings (SSSR count). The fourth-order valence-electron chi connectivity index (χ4n) is 6.93. The zero-order valence-corrected chi connectivity index (χ0v) is 27.8. The Balaban J connectivity index is 1.50. The normalized spacial score (nSPS) is 22.9. The van der Waals surface area contributed by atoms with Gasteiger partial charge in [0.1, 0.15) is 29.6 Å². The minimum absolute atomic E-state index is 0.00320. The average Bonchev–Trinajstić information content (AvgIpc) is 3.83. The highest BCUT2D eigenvalue weighted by molar-refractivity contribution is 6.32. The van der Waals surface area contributed by atoms with Gasteiger partial charge in [0.25, 0.3) is 0 Å². The van der Waals surface area contributed by atoms with Gasteiger partial charge in [0.15, 0.2) is 29.2 Å². The van der Waals surface area contributed by atoms with Crippen molar-refractivity contribution >= 4 is 34.9 Å². The molecule has 0 fully saturated rings. The largest absolute Gasteiger partial charge is 0.467 e. The lowest BCUT2D eigenvalue weighted by Gasteiger charge is -2.28. The van der Waals surface area contributed by atoms with Gasteiger partial charge in [0, 0.05) is 23.6 Å². The number of rotatable bonds is 7. The van der Waals surface area contributed by atoms with Crippen LogP contribution in [0.5, 0.6) is 5.75 Å². The number of Topliss-reactive ketones (excluding diaryl/α,β-unsaturated/α-hetero) is 1. The minimum Gasteiger partial charge on any atom is -0.467 e. The van der Waals surface area contributed by atoms with Gasteiger partial charge in [-0.25, -0.2) is 14.8 Å². The third-order valence-corrected chi connectivity index (χ3v) is 9.67. The fraction of sp³-hybridized carbons (Fsp3) is 0.400. The van der Waals surface area contributed by atoms with Crippen molar-refractivity contribution in [3.63, 3.8) is 0 Å². The Labute approximate surface area is 281 Å². The van der Waals surface area contributed by atoms with E-state index in [1.807, 2.05) is 44.2 Å². The number of carbonyl (C=O) groups excluding carboxylic acids is 3. The first-order valence-electron chi connectivity index (χ1n) is 15.9. The lowest BCUT2D eigenvalue weighted by molar-refractivity contribution is -0.135. The van der Waals surface area contributed by atoms with Crippen molar-refractivity contribution in [3.8, 4) is 17.3 Å². The van der Waals surface area contributed by atoms with Gasteiger partial charge in [0.05, 0.1) is 12.1 Å². The van der Waals surface area contributed by atoms with Crippen LogP contribution in [0.4, 0.5) is 5.69 Å². The summed E-state index contributed by atoms with van der Waals surface area (Å²) in [6, 6.07) is 10.6. The highest BCUT2D eigenvalue weighted by Crippen LogP contribution is 2.60. The van der Waals surface area contributed by atoms with E-state index < -0.39 is 47.4 Å². The van der Waals surface area contributed by atoms with E-state index in [9.17, 15) is 19.5 Å². The molecule has 2 aromatic carbocycles. The van der Waals surface area contributed by atoms with Crippen molar-refractivity contribution in [2.45, 2.75) is 64.3 Å². The van der Waals surface area contributed by atoms with Crippen LogP contribution in [0.2, 0.25) is 5.02 Å². The molecule has 12 nitrogen and oxygen atoms in total. The molecule has 4 bridgehead atoms. The number of hydrogen-bond acceptors (Lipinski definition) is 11. The van der Waals surface area contributed by atoms with Crippen LogP contribution in [-0.4, -0.2) is 52.2 Å². The third-order valence-electron chi connectivity index (χ3n) is 9.39. The number of amides is 1. The SMILES string of the molecule is COC(=O)c1coc(-c2nc3oc2[C@@]24c5ccccc5NC2Oc2c(Cl)cc(cc24)C[C@H](CC(=O)[C@@H](O)C(C)C)C(=O)N[C@H]3C(C)C)n1. The van der Waals surface area contributed by atoms with Crippen LogP contribution in [0.3, 0.4) is 0 Å². The number of ketones is 1. The topological polar surface area (TPSA) is 166 Å². The van der Waals surface area contributed by atoms with Crippen molar-refractivity contribution < 1.29 is 37.8 Å². The third kappa shape index (κ3) is 4.88. The molecule has 3 aliphatic heterocycles. The maximum atomic E-state index is 14.1. The summed E-state index contributed by atoms with van der Waals surface area (Å²) in [5.74, 6) is -1.98. The molecule has 2 aromatic heterocycles. The number of hydrogen-bond donors (Lipinski definition) is 3.